The van der Waals surface area contributed by atoms with Gasteiger partial charge in [-0.25, -0.2) is 0 Å². The van der Waals surface area contributed by atoms with Crippen molar-refractivity contribution in [3.05, 3.63) is 57.0 Å². The lowest BCUT2D eigenvalue weighted by molar-refractivity contribution is 0.414. The van der Waals surface area contributed by atoms with Crippen molar-refractivity contribution in [1.82, 2.24) is 0 Å². The molecule has 1 heterocycles. The van der Waals surface area contributed by atoms with E-state index in [9.17, 15) is 0 Å². The van der Waals surface area contributed by atoms with Gasteiger partial charge in [-0.2, -0.15) is 0 Å². The summed E-state index contributed by atoms with van der Waals surface area (Å²) < 4.78 is 6.23. The van der Waals surface area contributed by atoms with Crippen LogP contribution >= 0.6 is 27.5 Å². The molecule has 0 amide bonds. The van der Waals surface area contributed by atoms with E-state index in [1.54, 1.807) is 7.11 Å². The Balaban J connectivity index is 1.87. The van der Waals surface area contributed by atoms with Gasteiger partial charge in [-0.1, -0.05) is 23.7 Å². The molecule has 2 aromatic carbocycles. The van der Waals surface area contributed by atoms with Gasteiger partial charge in [0.15, 0.2) is 0 Å². The van der Waals surface area contributed by atoms with Crippen LogP contribution in [-0.4, -0.2) is 7.11 Å². The first-order valence-electron chi connectivity index (χ1n) is 6.56. The van der Waals surface area contributed by atoms with E-state index in [1.807, 2.05) is 24.3 Å². The fourth-order valence-corrected chi connectivity index (χ4v) is 3.61. The average molecular weight is 353 g/mol. The number of ether oxygens (including phenoxy) is 1. The Morgan fingerprint density at radius 1 is 1.25 bits per heavy atom. The summed E-state index contributed by atoms with van der Waals surface area (Å²) in [6.45, 7) is 0. The van der Waals surface area contributed by atoms with Crippen LogP contribution < -0.4 is 10.1 Å². The smallest absolute Gasteiger partial charge is 0.118 e. The van der Waals surface area contributed by atoms with E-state index in [0.717, 1.165) is 33.8 Å². The molecule has 1 unspecified atom stereocenters. The van der Waals surface area contributed by atoms with E-state index >= 15 is 0 Å². The molecule has 0 bridgehead atoms. The van der Waals surface area contributed by atoms with E-state index in [-0.39, 0.29) is 0 Å². The van der Waals surface area contributed by atoms with Gasteiger partial charge in [-0.15, -0.1) is 0 Å². The van der Waals surface area contributed by atoms with Crippen LogP contribution in [0, 0.1) is 0 Å². The van der Waals surface area contributed by atoms with Crippen molar-refractivity contribution in [2.75, 3.05) is 12.4 Å². The highest BCUT2D eigenvalue weighted by Crippen LogP contribution is 2.39. The molecule has 4 heteroatoms. The summed E-state index contributed by atoms with van der Waals surface area (Å²) in [7, 11) is 1.69. The Morgan fingerprint density at radius 3 is 2.70 bits per heavy atom. The van der Waals surface area contributed by atoms with Gasteiger partial charge in [0, 0.05) is 9.50 Å². The van der Waals surface area contributed by atoms with Crippen LogP contribution in [0.5, 0.6) is 5.75 Å². The first-order chi connectivity index (χ1) is 9.67. The van der Waals surface area contributed by atoms with Crippen LogP contribution in [-0.2, 0) is 6.42 Å². The molecule has 0 fully saturated rings. The molecule has 3 rings (SSSR count). The van der Waals surface area contributed by atoms with Gasteiger partial charge in [0.05, 0.1) is 18.8 Å². The van der Waals surface area contributed by atoms with Crippen LogP contribution in [0.1, 0.15) is 23.6 Å². The van der Waals surface area contributed by atoms with Crippen molar-refractivity contribution in [3.63, 3.8) is 0 Å². The van der Waals surface area contributed by atoms with Crippen LogP contribution in [0.25, 0.3) is 0 Å². The zero-order valence-corrected chi connectivity index (χ0v) is 13.5. The summed E-state index contributed by atoms with van der Waals surface area (Å²) in [5.41, 5.74) is 3.70. The fourth-order valence-electron chi connectivity index (χ4n) is 2.62. The Morgan fingerprint density at radius 2 is 2.00 bits per heavy atom. The Hall–Kier alpha value is -1.19. The summed E-state index contributed by atoms with van der Waals surface area (Å²) in [6, 6.07) is 12.5. The highest BCUT2D eigenvalue weighted by Gasteiger charge is 2.21. The molecule has 1 N–H and O–H groups in total. The molecular formula is C16H15BrClNO. The second-order valence-corrected chi connectivity index (χ2v) is 6.22. The van der Waals surface area contributed by atoms with Gasteiger partial charge < -0.3 is 10.1 Å². The summed E-state index contributed by atoms with van der Waals surface area (Å²) in [5.74, 6) is 0.887. The molecule has 104 valence electrons. The van der Waals surface area contributed by atoms with Gasteiger partial charge in [0.25, 0.3) is 0 Å². The van der Waals surface area contributed by atoms with Crippen LogP contribution in [0.4, 0.5) is 5.69 Å². The van der Waals surface area contributed by atoms with Crippen LogP contribution in [0.3, 0.4) is 0 Å². The molecule has 1 aliphatic heterocycles. The van der Waals surface area contributed by atoms with Crippen molar-refractivity contribution in [2.45, 2.75) is 18.9 Å². The number of aryl methyl sites for hydroxylation is 1. The largest absolute Gasteiger partial charge is 0.497 e. The maximum absolute atomic E-state index is 6.10. The summed E-state index contributed by atoms with van der Waals surface area (Å²) >= 11 is 9.69. The number of anilines is 1. The number of nitrogens with one attached hydrogen (secondary N) is 1. The van der Waals surface area contributed by atoms with Gasteiger partial charge in [-0.3, -0.25) is 0 Å². The fraction of sp³-hybridized carbons (Fsp3) is 0.250. The molecule has 1 aliphatic rings. The highest BCUT2D eigenvalue weighted by molar-refractivity contribution is 9.10. The molecule has 1 atom stereocenters. The summed E-state index contributed by atoms with van der Waals surface area (Å²) in [6.07, 6.45) is 2.09. The lowest BCUT2D eigenvalue weighted by Crippen LogP contribution is -2.18. The van der Waals surface area contributed by atoms with Crippen molar-refractivity contribution in [3.8, 4) is 5.75 Å². The van der Waals surface area contributed by atoms with Crippen molar-refractivity contribution < 1.29 is 4.74 Å². The first kappa shape index (κ1) is 13.8. The number of methoxy groups -OCH3 is 1. The maximum atomic E-state index is 6.10. The second kappa shape index (κ2) is 5.66. The quantitative estimate of drug-likeness (QED) is 0.801. The number of fused-ring (bicyclic) bond motifs is 1. The van der Waals surface area contributed by atoms with Gasteiger partial charge in [0.2, 0.25) is 0 Å². The molecular weight excluding hydrogens is 338 g/mol. The predicted octanol–water partition coefficient (Wildman–Crippen LogP) is 5.21. The molecule has 20 heavy (non-hydrogen) atoms. The van der Waals surface area contributed by atoms with E-state index in [2.05, 4.69) is 33.4 Å². The highest BCUT2D eigenvalue weighted by atomic mass is 79.9. The van der Waals surface area contributed by atoms with Crippen LogP contribution in [0.2, 0.25) is 5.02 Å². The molecule has 0 aromatic heterocycles. The van der Waals surface area contributed by atoms with Gasteiger partial charge in [0.1, 0.15) is 5.75 Å². The summed E-state index contributed by atoms with van der Waals surface area (Å²) in [4.78, 5) is 0. The lowest BCUT2D eigenvalue weighted by Gasteiger charge is -2.28. The second-order valence-electron chi connectivity index (χ2n) is 4.93. The Labute approximate surface area is 132 Å². The van der Waals surface area contributed by atoms with Crippen LogP contribution in [0.15, 0.2) is 40.9 Å². The predicted molar refractivity (Wildman–Crippen MR) is 86.8 cm³/mol. The topological polar surface area (TPSA) is 21.3 Å². The van der Waals surface area contributed by atoms with E-state index in [4.69, 9.17) is 16.3 Å². The third-order valence-corrected chi connectivity index (χ3v) is 4.52. The number of benzene rings is 2. The normalized spacial score (nSPS) is 17.2. The number of halogens is 2. The Bertz CT molecular complexity index is 627. The molecule has 0 saturated carbocycles. The van der Waals surface area contributed by atoms with E-state index in [1.165, 1.54) is 11.1 Å². The van der Waals surface area contributed by atoms with Gasteiger partial charge >= 0.3 is 0 Å². The minimum atomic E-state index is 0.325. The van der Waals surface area contributed by atoms with E-state index in [0.29, 0.717) is 6.04 Å². The zero-order chi connectivity index (χ0) is 14.1. The Kier molecular flexibility index (Phi) is 3.90. The lowest BCUT2D eigenvalue weighted by atomic mass is 9.93. The maximum Gasteiger partial charge on any atom is 0.118 e. The number of rotatable bonds is 2. The standard InChI is InChI=1S/C16H15BrClNO/c1-20-13-5-2-10(3-6-13)15-7-4-11-8-12(18)9-14(17)16(11)19-15/h2-3,5-6,8-9,15,19H,4,7H2,1H3. The van der Waals surface area contributed by atoms with Crippen molar-refractivity contribution in [1.29, 1.82) is 0 Å². The SMILES string of the molecule is COc1ccc(C2CCc3cc(Cl)cc(Br)c3N2)cc1. The number of hydrogen-bond acceptors (Lipinski definition) is 2. The van der Waals surface area contributed by atoms with Crippen molar-refractivity contribution in [2.24, 2.45) is 0 Å². The molecule has 2 nitrogen and oxygen atoms in total. The van der Waals surface area contributed by atoms with E-state index < -0.39 is 0 Å². The van der Waals surface area contributed by atoms with Crippen molar-refractivity contribution >= 4 is 33.2 Å². The third-order valence-electron chi connectivity index (χ3n) is 3.68. The molecule has 2 aromatic rings. The third kappa shape index (κ3) is 2.65. The first-order valence-corrected chi connectivity index (χ1v) is 7.73. The molecule has 0 aliphatic carbocycles. The molecule has 0 radical (unpaired) electrons. The minimum absolute atomic E-state index is 0.325. The van der Waals surface area contributed by atoms with Gasteiger partial charge in [-0.05, 0) is 64.2 Å². The minimum Gasteiger partial charge on any atom is -0.497 e. The summed E-state index contributed by atoms with van der Waals surface area (Å²) in [5, 5.41) is 4.38. The zero-order valence-electron chi connectivity index (χ0n) is 11.1. The number of hydrogen-bond donors (Lipinski definition) is 1. The monoisotopic (exact) mass is 351 g/mol. The molecule has 0 saturated heterocycles. The average Bonchev–Trinajstić information content (AvgIpc) is 2.47. The molecule has 0 spiro atoms.